The fourth-order valence-corrected chi connectivity index (χ4v) is 4.59. The molecule has 2 unspecified atom stereocenters. The van der Waals surface area contributed by atoms with Crippen molar-refractivity contribution in [2.75, 3.05) is 14.2 Å². The van der Waals surface area contributed by atoms with Crippen LogP contribution in [0.4, 0.5) is 0 Å². The van der Waals surface area contributed by atoms with Crippen molar-refractivity contribution >= 4 is 11.6 Å². The zero-order chi connectivity index (χ0) is 22.0. The lowest BCUT2D eigenvalue weighted by Crippen LogP contribution is -2.64. The standard InChI is InChI=1S/C22H23NO7/c1-21(29-2,30-3)22(23)8-12-14(13(24)9-22)20(28)16-15(19(12)27)17(25)10-6-4-5-7-11(10)18(16)26/h4-7,13,24,27-28H,8-9,23H2,1-3H3. The average Bonchev–Trinajstić information content (AvgIpc) is 2.73. The lowest BCUT2D eigenvalue weighted by molar-refractivity contribution is -0.242. The van der Waals surface area contributed by atoms with Gasteiger partial charge in [0.05, 0.1) is 22.8 Å². The summed E-state index contributed by atoms with van der Waals surface area (Å²) in [5.41, 5.74) is 5.01. The number of ketones is 2. The number of fused-ring (bicyclic) bond motifs is 3. The van der Waals surface area contributed by atoms with Crippen LogP contribution < -0.4 is 5.73 Å². The number of ether oxygens (including phenoxy) is 2. The summed E-state index contributed by atoms with van der Waals surface area (Å²) in [7, 11) is 2.81. The lowest BCUT2D eigenvalue weighted by Gasteiger charge is -2.48. The number of methoxy groups -OCH3 is 2. The SMILES string of the molecule is COC(C)(OC)C1(N)Cc2c(O)c3c(c(O)c2C(O)C1)C(=O)c1ccccc1C3=O. The fourth-order valence-electron chi connectivity index (χ4n) is 4.59. The van der Waals surface area contributed by atoms with Gasteiger partial charge in [0.2, 0.25) is 0 Å². The van der Waals surface area contributed by atoms with E-state index in [1.807, 2.05) is 0 Å². The second-order valence-electron chi connectivity index (χ2n) is 7.95. The third kappa shape index (κ3) is 2.48. The summed E-state index contributed by atoms with van der Waals surface area (Å²) in [6.07, 6.45) is -1.45. The number of aliphatic hydroxyl groups excluding tert-OH is 1. The van der Waals surface area contributed by atoms with E-state index in [1.165, 1.54) is 26.4 Å². The van der Waals surface area contributed by atoms with E-state index in [9.17, 15) is 24.9 Å². The van der Waals surface area contributed by atoms with Gasteiger partial charge in [0.25, 0.3) is 0 Å². The molecule has 0 spiro atoms. The molecule has 0 heterocycles. The Labute approximate surface area is 172 Å². The molecular weight excluding hydrogens is 390 g/mol. The summed E-state index contributed by atoms with van der Waals surface area (Å²) in [5.74, 6) is -3.49. The lowest BCUT2D eigenvalue weighted by atomic mass is 9.69. The summed E-state index contributed by atoms with van der Waals surface area (Å²) in [5, 5.41) is 32.8. The van der Waals surface area contributed by atoms with Crippen LogP contribution in [-0.4, -0.2) is 52.4 Å². The van der Waals surface area contributed by atoms with Crippen molar-refractivity contribution in [2.45, 2.75) is 37.2 Å². The minimum atomic E-state index is -1.32. The number of aromatic hydroxyl groups is 2. The summed E-state index contributed by atoms with van der Waals surface area (Å²) in [6.45, 7) is 1.60. The van der Waals surface area contributed by atoms with Gasteiger partial charge in [0, 0.05) is 42.9 Å². The molecule has 0 aromatic heterocycles. The molecular formula is C22H23NO7. The van der Waals surface area contributed by atoms with E-state index in [1.54, 1.807) is 19.1 Å². The van der Waals surface area contributed by atoms with Gasteiger partial charge < -0.3 is 30.5 Å². The van der Waals surface area contributed by atoms with E-state index < -0.39 is 40.5 Å². The minimum Gasteiger partial charge on any atom is -0.507 e. The van der Waals surface area contributed by atoms with Crippen molar-refractivity contribution in [3.05, 3.63) is 57.6 Å². The fraction of sp³-hybridized carbons (Fsp3) is 0.364. The molecule has 0 radical (unpaired) electrons. The Hall–Kier alpha value is -2.78. The van der Waals surface area contributed by atoms with Crippen LogP contribution in [0, 0.1) is 0 Å². The van der Waals surface area contributed by atoms with Gasteiger partial charge in [-0.15, -0.1) is 0 Å². The number of nitrogens with two attached hydrogens (primary N) is 1. The van der Waals surface area contributed by atoms with Crippen LogP contribution in [0.3, 0.4) is 0 Å². The average molecular weight is 413 g/mol. The van der Waals surface area contributed by atoms with E-state index in [0.29, 0.717) is 0 Å². The zero-order valence-corrected chi connectivity index (χ0v) is 16.9. The molecule has 5 N–H and O–H groups in total. The summed E-state index contributed by atoms with van der Waals surface area (Å²) < 4.78 is 10.9. The van der Waals surface area contributed by atoms with E-state index in [0.717, 1.165) is 0 Å². The summed E-state index contributed by atoms with van der Waals surface area (Å²) in [6, 6.07) is 6.20. The number of carbonyl (C=O) groups is 2. The molecule has 8 heteroatoms. The third-order valence-corrected chi connectivity index (χ3v) is 6.53. The molecule has 4 rings (SSSR count). The highest BCUT2D eigenvalue weighted by molar-refractivity contribution is 6.30. The van der Waals surface area contributed by atoms with Gasteiger partial charge in [-0.25, -0.2) is 0 Å². The maximum absolute atomic E-state index is 13.1. The molecule has 2 aromatic rings. The van der Waals surface area contributed by atoms with Gasteiger partial charge in [-0.2, -0.15) is 0 Å². The maximum atomic E-state index is 13.1. The molecule has 2 aromatic carbocycles. The van der Waals surface area contributed by atoms with Crippen LogP contribution in [0.25, 0.3) is 0 Å². The Morgan fingerprint density at radius 2 is 1.53 bits per heavy atom. The number of aliphatic hydroxyl groups is 1. The zero-order valence-electron chi connectivity index (χ0n) is 16.9. The van der Waals surface area contributed by atoms with Crippen molar-refractivity contribution in [2.24, 2.45) is 5.73 Å². The molecule has 2 aliphatic carbocycles. The molecule has 0 amide bonds. The van der Waals surface area contributed by atoms with Crippen LogP contribution >= 0.6 is 0 Å². The highest BCUT2D eigenvalue weighted by Crippen LogP contribution is 2.51. The Balaban J connectivity index is 1.98. The van der Waals surface area contributed by atoms with Crippen molar-refractivity contribution in [1.29, 1.82) is 0 Å². The summed E-state index contributed by atoms with van der Waals surface area (Å²) in [4.78, 5) is 26.1. The number of benzene rings is 2. The summed E-state index contributed by atoms with van der Waals surface area (Å²) >= 11 is 0. The molecule has 0 aliphatic heterocycles. The first-order chi connectivity index (χ1) is 14.1. The molecule has 0 fully saturated rings. The van der Waals surface area contributed by atoms with Crippen LogP contribution in [0.2, 0.25) is 0 Å². The smallest absolute Gasteiger partial charge is 0.198 e. The molecule has 158 valence electrons. The molecule has 2 aliphatic rings. The van der Waals surface area contributed by atoms with Gasteiger partial charge in [-0.05, 0) is 13.3 Å². The predicted octanol–water partition coefficient (Wildman–Crippen LogP) is 1.56. The van der Waals surface area contributed by atoms with Crippen molar-refractivity contribution in [3.8, 4) is 11.5 Å². The van der Waals surface area contributed by atoms with E-state index in [4.69, 9.17) is 15.2 Å². The van der Waals surface area contributed by atoms with Crippen LogP contribution in [0.15, 0.2) is 24.3 Å². The van der Waals surface area contributed by atoms with Crippen molar-refractivity contribution in [1.82, 2.24) is 0 Å². The molecule has 0 saturated heterocycles. The second kappa shape index (κ2) is 6.61. The maximum Gasteiger partial charge on any atom is 0.198 e. The number of phenolic OH excluding ortho intramolecular Hbond substituents is 2. The first-order valence-corrected chi connectivity index (χ1v) is 9.46. The quantitative estimate of drug-likeness (QED) is 0.375. The van der Waals surface area contributed by atoms with Gasteiger partial charge in [0.15, 0.2) is 17.4 Å². The normalized spacial score (nSPS) is 23.0. The molecule has 0 saturated carbocycles. The van der Waals surface area contributed by atoms with Crippen molar-refractivity contribution in [3.63, 3.8) is 0 Å². The second-order valence-corrected chi connectivity index (χ2v) is 7.95. The molecule has 2 atom stereocenters. The Morgan fingerprint density at radius 1 is 1.03 bits per heavy atom. The van der Waals surface area contributed by atoms with Gasteiger partial charge in [-0.1, -0.05) is 24.3 Å². The van der Waals surface area contributed by atoms with Crippen LogP contribution in [0.5, 0.6) is 11.5 Å². The number of carbonyl (C=O) groups excluding carboxylic acids is 2. The van der Waals surface area contributed by atoms with Gasteiger partial charge in [0.1, 0.15) is 11.5 Å². The first-order valence-electron chi connectivity index (χ1n) is 9.46. The van der Waals surface area contributed by atoms with Crippen LogP contribution in [0.1, 0.15) is 62.4 Å². The molecule has 0 bridgehead atoms. The predicted molar refractivity (Wildman–Crippen MR) is 106 cm³/mol. The molecule has 8 nitrogen and oxygen atoms in total. The topological polar surface area (TPSA) is 139 Å². The van der Waals surface area contributed by atoms with E-state index in [-0.39, 0.29) is 46.2 Å². The van der Waals surface area contributed by atoms with Gasteiger partial charge >= 0.3 is 0 Å². The van der Waals surface area contributed by atoms with E-state index in [2.05, 4.69) is 0 Å². The Kier molecular flexibility index (Phi) is 4.52. The number of hydrogen-bond donors (Lipinski definition) is 4. The van der Waals surface area contributed by atoms with Gasteiger partial charge in [-0.3, -0.25) is 9.59 Å². The number of phenols is 2. The Bertz CT molecular complexity index is 1090. The monoisotopic (exact) mass is 413 g/mol. The van der Waals surface area contributed by atoms with Crippen molar-refractivity contribution < 1.29 is 34.4 Å². The highest BCUT2D eigenvalue weighted by Gasteiger charge is 2.53. The third-order valence-electron chi connectivity index (χ3n) is 6.53. The minimum absolute atomic E-state index is 0.0117. The van der Waals surface area contributed by atoms with E-state index >= 15 is 0 Å². The highest BCUT2D eigenvalue weighted by atomic mass is 16.7. The number of hydrogen-bond acceptors (Lipinski definition) is 8. The number of rotatable bonds is 3. The Morgan fingerprint density at radius 3 is 2.03 bits per heavy atom. The molecule has 30 heavy (non-hydrogen) atoms. The largest absolute Gasteiger partial charge is 0.507 e. The first kappa shape index (κ1) is 20.5. The van der Waals surface area contributed by atoms with Crippen LogP contribution in [-0.2, 0) is 15.9 Å².